The van der Waals surface area contributed by atoms with Gasteiger partial charge in [-0.05, 0) is 49.8 Å². The number of hydrogen-bond donors (Lipinski definition) is 1. The molecule has 0 radical (unpaired) electrons. The van der Waals surface area contributed by atoms with E-state index in [2.05, 4.69) is 4.72 Å². The molecule has 6 nitrogen and oxygen atoms in total. The molecule has 25 heavy (non-hydrogen) atoms. The van der Waals surface area contributed by atoms with Crippen molar-refractivity contribution in [1.29, 1.82) is 0 Å². The first-order valence-corrected chi connectivity index (χ1v) is 10.7. The van der Waals surface area contributed by atoms with Crippen molar-refractivity contribution in [1.82, 2.24) is 9.62 Å². The largest absolute Gasteiger partial charge is 0.494 e. The van der Waals surface area contributed by atoms with Crippen molar-refractivity contribution in [3.05, 3.63) is 29.8 Å². The molecule has 1 amide bonds. The lowest BCUT2D eigenvalue weighted by atomic mass is 9.97. The Morgan fingerprint density at radius 2 is 2.04 bits per heavy atom. The van der Waals surface area contributed by atoms with E-state index in [-0.39, 0.29) is 11.8 Å². The van der Waals surface area contributed by atoms with E-state index < -0.39 is 10.0 Å². The number of carbonyl (C=O) groups excluding carboxylic acids is 1. The van der Waals surface area contributed by atoms with Gasteiger partial charge in [0.1, 0.15) is 5.75 Å². The van der Waals surface area contributed by atoms with E-state index in [1.165, 1.54) is 0 Å². The van der Waals surface area contributed by atoms with Crippen LogP contribution >= 0.6 is 0 Å². The molecule has 7 heteroatoms. The number of piperidine rings is 1. The van der Waals surface area contributed by atoms with Crippen LogP contribution in [0, 0.1) is 5.92 Å². The minimum absolute atomic E-state index is 0.137. The number of benzene rings is 1. The fraction of sp³-hybridized carbons (Fsp3) is 0.611. The van der Waals surface area contributed by atoms with Crippen molar-refractivity contribution >= 4 is 15.9 Å². The van der Waals surface area contributed by atoms with Crippen LogP contribution < -0.4 is 9.46 Å². The number of nitrogens with one attached hydrogen (secondary N) is 1. The van der Waals surface area contributed by atoms with Gasteiger partial charge in [-0.25, -0.2) is 13.1 Å². The first kappa shape index (κ1) is 19.7. The van der Waals surface area contributed by atoms with E-state index in [4.69, 9.17) is 4.74 Å². The van der Waals surface area contributed by atoms with Gasteiger partial charge in [-0.15, -0.1) is 0 Å². The Kier molecular flexibility index (Phi) is 7.25. The van der Waals surface area contributed by atoms with E-state index in [0.29, 0.717) is 32.5 Å². The molecule has 1 aromatic carbocycles. The molecule has 1 unspecified atom stereocenters. The summed E-state index contributed by atoms with van der Waals surface area (Å²) in [5.41, 5.74) is 1.11. The summed E-state index contributed by atoms with van der Waals surface area (Å²) in [5, 5.41) is 0. The summed E-state index contributed by atoms with van der Waals surface area (Å²) in [6.07, 6.45) is 4.21. The van der Waals surface area contributed by atoms with E-state index in [9.17, 15) is 13.2 Å². The lowest BCUT2D eigenvalue weighted by molar-refractivity contribution is -0.132. The Labute approximate surface area is 150 Å². The van der Waals surface area contributed by atoms with Crippen molar-refractivity contribution in [2.75, 3.05) is 32.5 Å². The van der Waals surface area contributed by atoms with Gasteiger partial charge < -0.3 is 9.64 Å². The first-order chi connectivity index (χ1) is 11.9. The number of amides is 1. The lowest BCUT2D eigenvalue weighted by Gasteiger charge is -2.33. The number of carbonyl (C=O) groups is 1. The molecule has 1 heterocycles. The molecular weight excluding hydrogens is 340 g/mol. The van der Waals surface area contributed by atoms with Gasteiger partial charge in [0.05, 0.1) is 12.9 Å². The highest BCUT2D eigenvalue weighted by Gasteiger charge is 2.23. The Hall–Kier alpha value is -1.60. The quantitative estimate of drug-likeness (QED) is 0.759. The summed E-state index contributed by atoms with van der Waals surface area (Å²) < 4.78 is 30.4. The van der Waals surface area contributed by atoms with Crippen LogP contribution in [0.4, 0.5) is 0 Å². The molecule has 0 bridgehead atoms. The number of sulfonamides is 1. The number of aryl methyl sites for hydroxylation is 1. The van der Waals surface area contributed by atoms with Crippen molar-refractivity contribution < 1.29 is 17.9 Å². The Morgan fingerprint density at radius 1 is 1.32 bits per heavy atom. The van der Waals surface area contributed by atoms with Crippen LogP contribution in [0.15, 0.2) is 24.3 Å². The molecule has 0 saturated carbocycles. The normalized spacial score (nSPS) is 18.2. The van der Waals surface area contributed by atoms with Gasteiger partial charge in [-0.1, -0.05) is 12.1 Å². The van der Waals surface area contributed by atoms with E-state index in [1.54, 1.807) is 0 Å². The molecule has 2 rings (SSSR count). The summed E-state index contributed by atoms with van der Waals surface area (Å²) in [4.78, 5) is 14.3. The summed E-state index contributed by atoms with van der Waals surface area (Å²) in [7, 11) is -3.18. The molecule has 1 fully saturated rings. The van der Waals surface area contributed by atoms with E-state index >= 15 is 0 Å². The van der Waals surface area contributed by atoms with Crippen molar-refractivity contribution in [3.63, 3.8) is 0 Å². The summed E-state index contributed by atoms with van der Waals surface area (Å²) in [6, 6.07) is 7.84. The SMILES string of the molecule is CCOc1ccc(CCC(=O)N2CCCC(CNS(C)(=O)=O)C2)cc1. The standard InChI is InChI=1S/C18H28N2O4S/c1-3-24-17-9-6-15(7-10-17)8-11-18(21)20-12-4-5-16(14-20)13-19-25(2,22)23/h6-7,9-10,16,19H,3-5,8,11-14H2,1-2H3. The number of nitrogens with zero attached hydrogens (tertiary/aromatic N) is 1. The summed E-state index contributed by atoms with van der Waals surface area (Å²) >= 11 is 0. The Bertz CT molecular complexity index is 658. The maximum Gasteiger partial charge on any atom is 0.222 e. The van der Waals surface area contributed by atoms with Crippen LogP contribution in [-0.4, -0.2) is 51.7 Å². The van der Waals surface area contributed by atoms with Gasteiger partial charge >= 0.3 is 0 Å². The van der Waals surface area contributed by atoms with Crippen molar-refractivity contribution in [2.45, 2.75) is 32.6 Å². The van der Waals surface area contributed by atoms with Gasteiger partial charge in [0.2, 0.25) is 15.9 Å². The van der Waals surface area contributed by atoms with Crippen LogP contribution in [-0.2, 0) is 21.2 Å². The van der Waals surface area contributed by atoms with Crippen molar-refractivity contribution in [2.24, 2.45) is 5.92 Å². The third-order valence-electron chi connectivity index (χ3n) is 4.37. The highest BCUT2D eigenvalue weighted by atomic mass is 32.2. The zero-order valence-corrected chi connectivity index (χ0v) is 15.8. The second-order valence-electron chi connectivity index (χ2n) is 6.55. The fourth-order valence-electron chi connectivity index (χ4n) is 3.06. The van der Waals surface area contributed by atoms with E-state index in [1.807, 2.05) is 36.1 Å². The van der Waals surface area contributed by atoms with E-state index in [0.717, 1.165) is 37.0 Å². The van der Waals surface area contributed by atoms with Gasteiger partial charge in [-0.2, -0.15) is 0 Å². The van der Waals surface area contributed by atoms with Crippen LogP contribution in [0.25, 0.3) is 0 Å². The van der Waals surface area contributed by atoms with Crippen LogP contribution in [0.1, 0.15) is 31.7 Å². The van der Waals surface area contributed by atoms with Crippen LogP contribution in [0.5, 0.6) is 5.75 Å². The monoisotopic (exact) mass is 368 g/mol. The molecule has 1 atom stereocenters. The average Bonchev–Trinajstić information content (AvgIpc) is 2.59. The van der Waals surface area contributed by atoms with Crippen molar-refractivity contribution in [3.8, 4) is 5.75 Å². The highest BCUT2D eigenvalue weighted by molar-refractivity contribution is 7.88. The number of hydrogen-bond acceptors (Lipinski definition) is 4. The van der Waals surface area contributed by atoms with Gasteiger partial charge in [0, 0.05) is 26.1 Å². The van der Waals surface area contributed by atoms with Gasteiger partial charge in [-0.3, -0.25) is 4.79 Å². The maximum absolute atomic E-state index is 12.5. The Morgan fingerprint density at radius 3 is 2.68 bits per heavy atom. The molecule has 140 valence electrons. The molecule has 1 N–H and O–H groups in total. The third-order valence-corrected chi connectivity index (χ3v) is 5.06. The predicted octanol–water partition coefficient (Wildman–Crippen LogP) is 1.81. The minimum Gasteiger partial charge on any atom is -0.494 e. The molecule has 1 aromatic rings. The third kappa shape index (κ3) is 7.04. The average molecular weight is 368 g/mol. The first-order valence-electron chi connectivity index (χ1n) is 8.81. The highest BCUT2D eigenvalue weighted by Crippen LogP contribution is 2.18. The van der Waals surface area contributed by atoms with Crippen LogP contribution in [0.3, 0.4) is 0 Å². The summed E-state index contributed by atoms with van der Waals surface area (Å²) in [5.74, 6) is 1.17. The molecule has 0 aliphatic carbocycles. The zero-order chi connectivity index (χ0) is 18.3. The molecule has 1 saturated heterocycles. The Balaban J connectivity index is 1.79. The fourth-order valence-corrected chi connectivity index (χ4v) is 3.59. The number of likely N-dealkylation sites (tertiary alicyclic amines) is 1. The smallest absolute Gasteiger partial charge is 0.222 e. The molecule has 1 aliphatic rings. The predicted molar refractivity (Wildman–Crippen MR) is 98.1 cm³/mol. The second kappa shape index (κ2) is 9.20. The zero-order valence-electron chi connectivity index (χ0n) is 15.0. The van der Waals surface area contributed by atoms with Gasteiger partial charge in [0.15, 0.2) is 0 Å². The molecule has 0 aromatic heterocycles. The number of rotatable bonds is 8. The molecule has 1 aliphatic heterocycles. The molecular formula is C18H28N2O4S. The lowest BCUT2D eigenvalue weighted by Crippen LogP contribution is -2.43. The van der Waals surface area contributed by atoms with Crippen LogP contribution in [0.2, 0.25) is 0 Å². The number of ether oxygens (including phenoxy) is 1. The second-order valence-corrected chi connectivity index (χ2v) is 8.38. The summed E-state index contributed by atoms with van der Waals surface area (Å²) in [6.45, 7) is 4.38. The molecule has 0 spiro atoms. The minimum atomic E-state index is -3.18. The van der Waals surface area contributed by atoms with Gasteiger partial charge in [0.25, 0.3) is 0 Å². The topological polar surface area (TPSA) is 75.7 Å². The maximum atomic E-state index is 12.5.